The summed E-state index contributed by atoms with van der Waals surface area (Å²) < 4.78 is 0. The van der Waals surface area contributed by atoms with Crippen LogP contribution in [0.15, 0.2) is 43.0 Å². The lowest BCUT2D eigenvalue weighted by atomic mass is 9.93. The molecule has 1 rings (SSSR count). The number of ketones is 1. The summed E-state index contributed by atoms with van der Waals surface area (Å²) in [5.74, 6) is 0.461. The van der Waals surface area contributed by atoms with E-state index in [0.29, 0.717) is 18.6 Å². The zero-order valence-corrected chi connectivity index (χ0v) is 8.57. The Morgan fingerprint density at radius 1 is 1.43 bits per heavy atom. The van der Waals surface area contributed by atoms with Gasteiger partial charge in [-0.2, -0.15) is 0 Å². The second-order valence-electron chi connectivity index (χ2n) is 3.35. The van der Waals surface area contributed by atoms with Crippen molar-refractivity contribution in [2.24, 2.45) is 0 Å². The van der Waals surface area contributed by atoms with Gasteiger partial charge in [-0.15, -0.1) is 6.58 Å². The van der Waals surface area contributed by atoms with Gasteiger partial charge in [-0.25, -0.2) is 0 Å². The zero-order valence-electron chi connectivity index (χ0n) is 8.57. The lowest BCUT2D eigenvalue weighted by molar-refractivity contribution is -0.118. The van der Waals surface area contributed by atoms with E-state index >= 15 is 0 Å². The van der Waals surface area contributed by atoms with Gasteiger partial charge in [-0.05, 0) is 5.56 Å². The van der Waals surface area contributed by atoms with Crippen LogP contribution in [-0.4, -0.2) is 5.78 Å². The minimum Gasteiger partial charge on any atom is -0.300 e. The average molecular weight is 188 g/mol. The second-order valence-corrected chi connectivity index (χ2v) is 3.35. The number of rotatable bonds is 5. The fourth-order valence-electron chi connectivity index (χ4n) is 1.43. The van der Waals surface area contributed by atoms with Crippen LogP contribution in [0.3, 0.4) is 0 Å². The Morgan fingerprint density at radius 2 is 2.07 bits per heavy atom. The van der Waals surface area contributed by atoms with Crippen molar-refractivity contribution < 1.29 is 4.79 Å². The molecule has 1 aromatic rings. The molecule has 0 spiro atoms. The van der Waals surface area contributed by atoms with Gasteiger partial charge in [0.1, 0.15) is 5.78 Å². The van der Waals surface area contributed by atoms with Gasteiger partial charge in [0.15, 0.2) is 0 Å². The summed E-state index contributed by atoms with van der Waals surface area (Å²) in [6.45, 7) is 5.67. The van der Waals surface area contributed by atoms with E-state index in [4.69, 9.17) is 0 Å². The van der Waals surface area contributed by atoms with Crippen LogP contribution in [0.1, 0.15) is 31.2 Å². The van der Waals surface area contributed by atoms with Gasteiger partial charge in [-0.3, -0.25) is 4.79 Å². The predicted molar refractivity (Wildman–Crippen MR) is 59.3 cm³/mol. The minimum absolute atomic E-state index is 0.170. The van der Waals surface area contributed by atoms with Crippen LogP contribution < -0.4 is 0 Å². The molecule has 1 aromatic carbocycles. The SMILES string of the molecule is C=CC(CC(=O)CC)c1ccccc1. The Kier molecular flexibility index (Phi) is 4.11. The highest BCUT2D eigenvalue weighted by Gasteiger charge is 2.10. The normalized spacial score (nSPS) is 12.1. The molecule has 0 aromatic heterocycles. The van der Waals surface area contributed by atoms with Crippen LogP contribution in [0, 0.1) is 0 Å². The van der Waals surface area contributed by atoms with Crippen molar-refractivity contribution >= 4 is 5.78 Å². The highest BCUT2D eigenvalue weighted by Crippen LogP contribution is 2.21. The van der Waals surface area contributed by atoms with Crippen molar-refractivity contribution in [3.05, 3.63) is 48.6 Å². The van der Waals surface area contributed by atoms with Crippen LogP contribution in [-0.2, 0) is 4.79 Å². The molecule has 0 fully saturated rings. The maximum Gasteiger partial charge on any atom is 0.133 e. The molecule has 14 heavy (non-hydrogen) atoms. The molecule has 0 aliphatic heterocycles. The fourth-order valence-corrected chi connectivity index (χ4v) is 1.43. The van der Waals surface area contributed by atoms with Crippen molar-refractivity contribution in [3.63, 3.8) is 0 Å². The van der Waals surface area contributed by atoms with Gasteiger partial charge in [0, 0.05) is 18.8 Å². The third-order valence-electron chi connectivity index (χ3n) is 2.35. The van der Waals surface area contributed by atoms with Crippen LogP contribution in [0.5, 0.6) is 0 Å². The Bertz CT molecular complexity index is 300. The summed E-state index contributed by atoms with van der Waals surface area (Å²) in [7, 11) is 0. The highest BCUT2D eigenvalue weighted by atomic mass is 16.1. The Hall–Kier alpha value is -1.37. The molecule has 0 N–H and O–H groups in total. The van der Waals surface area contributed by atoms with E-state index in [1.165, 1.54) is 5.56 Å². The minimum atomic E-state index is 0.170. The van der Waals surface area contributed by atoms with E-state index in [9.17, 15) is 4.79 Å². The molecule has 0 amide bonds. The number of benzene rings is 1. The highest BCUT2D eigenvalue weighted by molar-refractivity contribution is 5.79. The zero-order chi connectivity index (χ0) is 10.4. The molecule has 0 saturated heterocycles. The Balaban J connectivity index is 2.73. The summed E-state index contributed by atoms with van der Waals surface area (Å²) >= 11 is 0. The van der Waals surface area contributed by atoms with Crippen LogP contribution in [0.2, 0.25) is 0 Å². The van der Waals surface area contributed by atoms with Crippen LogP contribution in [0.4, 0.5) is 0 Å². The molecule has 0 aliphatic carbocycles. The molecule has 0 heterocycles. The quantitative estimate of drug-likeness (QED) is 0.648. The Labute approximate surface area is 85.5 Å². The Morgan fingerprint density at radius 3 is 2.57 bits per heavy atom. The van der Waals surface area contributed by atoms with E-state index in [0.717, 1.165) is 0 Å². The van der Waals surface area contributed by atoms with E-state index in [1.54, 1.807) is 0 Å². The van der Waals surface area contributed by atoms with Gasteiger partial charge < -0.3 is 0 Å². The summed E-state index contributed by atoms with van der Waals surface area (Å²) in [6.07, 6.45) is 3.03. The first kappa shape index (κ1) is 10.7. The third kappa shape index (κ3) is 2.84. The largest absolute Gasteiger partial charge is 0.300 e. The monoisotopic (exact) mass is 188 g/mol. The number of allylic oxidation sites excluding steroid dienone is 1. The first-order valence-corrected chi connectivity index (χ1v) is 4.97. The molecular weight excluding hydrogens is 172 g/mol. The van der Waals surface area contributed by atoms with Gasteiger partial charge in [0.25, 0.3) is 0 Å². The van der Waals surface area contributed by atoms with Crippen molar-refractivity contribution in [2.45, 2.75) is 25.7 Å². The van der Waals surface area contributed by atoms with Crippen molar-refractivity contribution in [3.8, 4) is 0 Å². The predicted octanol–water partition coefficient (Wildman–Crippen LogP) is 3.33. The van der Waals surface area contributed by atoms with Crippen molar-refractivity contribution in [2.75, 3.05) is 0 Å². The molecule has 0 bridgehead atoms. The van der Waals surface area contributed by atoms with Crippen LogP contribution in [0.25, 0.3) is 0 Å². The average Bonchev–Trinajstić information content (AvgIpc) is 2.26. The lowest BCUT2D eigenvalue weighted by Gasteiger charge is -2.10. The fraction of sp³-hybridized carbons (Fsp3) is 0.308. The van der Waals surface area contributed by atoms with Gasteiger partial charge in [-0.1, -0.05) is 43.3 Å². The summed E-state index contributed by atoms with van der Waals surface area (Å²) in [6, 6.07) is 10.0. The van der Waals surface area contributed by atoms with E-state index in [2.05, 4.69) is 6.58 Å². The molecule has 0 radical (unpaired) electrons. The maximum atomic E-state index is 11.3. The number of carbonyl (C=O) groups excluding carboxylic acids is 1. The molecule has 1 unspecified atom stereocenters. The van der Waals surface area contributed by atoms with Crippen molar-refractivity contribution in [1.82, 2.24) is 0 Å². The smallest absolute Gasteiger partial charge is 0.133 e. The first-order valence-electron chi connectivity index (χ1n) is 4.97. The molecule has 1 nitrogen and oxygen atoms in total. The van der Waals surface area contributed by atoms with Gasteiger partial charge in [0.2, 0.25) is 0 Å². The van der Waals surface area contributed by atoms with Crippen molar-refractivity contribution in [1.29, 1.82) is 0 Å². The number of Topliss-reactive ketones (excluding diaryl/α,β-unsaturated/α-hetero) is 1. The second kappa shape index (κ2) is 5.38. The van der Waals surface area contributed by atoms with Crippen LogP contribution >= 0.6 is 0 Å². The molecular formula is C13H16O. The standard InChI is InChI=1S/C13H16O/c1-3-11(10-13(14)4-2)12-8-6-5-7-9-12/h3,5-9,11H,1,4,10H2,2H3. The topological polar surface area (TPSA) is 17.1 Å². The van der Waals surface area contributed by atoms with E-state index in [-0.39, 0.29) is 5.92 Å². The summed E-state index contributed by atoms with van der Waals surface area (Å²) in [5, 5.41) is 0. The third-order valence-corrected chi connectivity index (χ3v) is 2.35. The molecule has 0 saturated carbocycles. The first-order chi connectivity index (χ1) is 6.77. The summed E-state index contributed by atoms with van der Waals surface area (Å²) in [5.41, 5.74) is 1.17. The molecule has 74 valence electrons. The molecule has 0 aliphatic rings. The van der Waals surface area contributed by atoms with E-state index in [1.807, 2.05) is 43.3 Å². The van der Waals surface area contributed by atoms with Gasteiger partial charge in [0.05, 0.1) is 0 Å². The number of hydrogen-bond donors (Lipinski definition) is 0. The molecule has 1 atom stereocenters. The molecule has 1 heteroatoms. The van der Waals surface area contributed by atoms with Gasteiger partial charge >= 0.3 is 0 Å². The summed E-state index contributed by atoms with van der Waals surface area (Å²) in [4.78, 5) is 11.3. The number of hydrogen-bond acceptors (Lipinski definition) is 1. The maximum absolute atomic E-state index is 11.3. The lowest BCUT2D eigenvalue weighted by Crippen LogP contribution is -2.03. The number of carbonyl (C=O) groups is 1. The van der Waals surface area contributed by atoms with E-state index < -0.39 is 0 Å².